The maximum Gasteiger partial charge on any atom is 0.356 e. The van der Waals surface area contributed by atoms with Gasteiger partial charge >= 0.3 is 5.97 Å². The zero-order valence-electron chi connectivity index (χ0n) is 8.11. The van der Waals surface area contributed by atoms with Crippen LogP contribution in [-0.4, -0.2) is 35.2 Å². The molecule has 0 aliphatic carbocycles. The lowest BCUT2D eigenvalue weighted by Gasteiger charge is -2.10. The van der Waals surface area contributed by atoms with Crippen LogP contribution in [0.1, 0.15) is 13.3 Å². The first kappa shape index (κ1) is 12.5. The summed E-state index contributed by atoms with van der Waals surface area (Å²) in [6, 6.07) is 0. The van der Waals surface area contributed by atoms with Crippen molar-refractivity contribution in [2.75, 3.05) is 0 Å². The van der Waals surface area contributed by atoms with Gasteiger partial charge in [0.2, 0.25) is 0 Å². The van der Waals surface area contributed by atoms with Crippen LogP contribution in [-0.2, 0) is 19.7 Å². The van der Waals surface area contributed by atoms with Gasteiger partial charge in [-0.2, -0.15) is 8.42 Å². The number of carboxylic acids is 1. The molecule has 0 bridgehead atoms. The van der Waals surface area contributed by atoms with Gasteiger partial charge in [0.1, 0.15) is 5.25 Å². The summed E-state index contributed by atoms with van der Waals surface area (Å²) in [4.78, 5) is 21.8. The molecule has 0 radical (unpaired) electrons. The Kier molecular flexibility index (Phi) is 3.19. The molecule has 0 aromatic rings. The number of carboxylic acid groups (broad SMARTS) is 1. The van der Waals surface area contributed by atoms with Gasteiger partial charge in [-0.3, -0.25) is 9.35 Å². The van der Waals surface area contributed by atoms with Crippen molar-refractivity contribution in [2.45, 2.75) is 18.6 Å². The summed E-state index contributed by atoms with van der Waals surface area (Å²) in [5, 5.41) is 13.1. The molecule has 0 fully saturated rings. The Morgan fingerprint density at radius 3 is 2.38 bits per heavy atom. The minimum absolute atomic E-state index is 0.151. The molecule has 2 N–H and O–H groups in total. The van der Waals surface area contributed by atoms with Crippen molar-refractivity contribution in [1.29, 1.82) is 0 Å². The van der Waals surface area contributed by atoms with Gasteiger partial charge in [-0.05, 0) is 6.42 Å². The first-order chi connectivity index (χ1) is 7.29. The molecule has 0 saturated carbocycles. The van der Waals surface area contributed by atoms with Crippen LogP contribution >= 0.6 is 0 Å². The van der Waals surface area contributed by atoms with Crippen molar-refractivity contribution in [3.8, 4) is 0 Å². The second-order valence-corrected chi connectivity index (χ2v) is 4.58. The molecular formula is C7H8N2O6S. The second kappa shape index (κ2) is 4.10. The Labute approximate surface area is 90.4 Å². The van der Waals surface area contributed by atoms with Crippen LogP contribution in [0.3, 0.4) is 0 Å². The first-order valence-corrected chi connectivity index (χ1v) is 5.69. The highest BCUT2D eigenvalue weighted by Gasteiger charge is 2.38. The largest absolute Gasteiger partial charge is 0.476 e. The first-order valence-electron chi connectivity index (χ1n) is 4.18. The predicted octanol–water partition coefficient (Wildman–Crippen LogP) is -0.0161. The maximum absolute atomic E-state index is 11.2. The lowest BCUT2D eigenvalue weighted by atomic mass is 10.1. The number of nitrogens with zero attached hydrogens (tertiary/aromatic N) is 2. The van der Waals surface area contributed by atoms with Crippen molar-refractivity contribution in [3.05, 3.63) is 11.3 Å². The third-order valence-electron chi connectivity index (χ3n) is 1.98. The molecule has 1 aliphatic rings. The highest BCUT2D eigenvalue weighted by molar-refractivity contribution is 7.86. The van der Waals surface area contributed by atoms with Gasteiger partial charge in [0, 0.05) is 0 Å². The van der Waals surface area contributed by atoms with E-state index in [1.54, 1.807) is 0 Å². The van der Waals surface area contributed by atoms with E-state index < -0.39 is 38.5 Å². The summed E-state index contributed by atoms with van der Waals surface area (Å²) in [7, 11) is -4.56. The molecule has 88 valence electrons. The van der Waals surface area contributed by atoms with Crippen LogP contribution in [0, 0.1) is 0 Å². The predicted molar refractivity (Wildman–Crippen MR) is 50.2 cm³/mol. The zero-order valence-corrected chi connectivity index (χ0v) is 8.93. The second-order valence-electron chi connectivity index (χ2n) is 2.98. The molecule has 1 unspecified atom stereocenters. The van der Waals surface area contributed by atoms with Gasteiger partial charge in [0.25, 0.3) is 16.0 Å². The van der Waals surface area contributed by atoms with E-state index in [9.17, 15) is 18.0 Å². The lowest BCUT2D eigenvalue weighted by Crippen LogP contribution is -2.26. The SMILES string of the molecule is CCC(C1=C(C(=O)O)N=NC1=O)S(=O)(=O)O. The van der Waals surface area contributed by atoms with E-state index in [-0.39, 0.29) is 6.42 Å². The number of rotatable bonds is 4. The van der Waals surface area contributed by atoms with E-state index in [4.69, 9.17) is 9.66 Å². The third-order valence-corrected chi connectivity index (χ3v) is 3.27. The number of hydrogen-bond acceptors (Lipinski definition) is 5. The quantitative estimate of drug-likeness (QED) is 0.671. The van der Waals surface area contributed by atoms with Gasteiger partial charge in [0.05, 0.1) is 5.57 Å². The molecule has 1 atom stereocenters. The molecule has 0 spiro atoms. The van der Waals surface area contributed by atoms with Crippen molar-refractivity contribution < 1.29 is 27.7 Å². The Balaban J connectivity index is 3.35. The van der Waals surface area contributed by atoms with E-state index >= 15 is 0 Å². The summed E-state index contributed by atoms with van der Waals surface area (Å²) < 4.78 is 30.8. The molecule has 1 amide bonds. The summed E-state index contributed by atoms with van der Waals surface area (Å²) in [5.41, 5.74) is -1.34. The van der Waals surface area contributed by atoms with E-state index in [0.717, 1.165) is 0 Å². The van der Waals surface area contributed by atoms with E-state index in [2.05, 4.69) is 10.2 Å². The summed E-state index contributed by atoms with van der Waals surface area (Å²) in [6.45, 7) is 1.39. The monoisotopic (exact) mass is 248 g/mol. The molecule has 0 aromatic carbocycles. The van der Waals surface area contributed by atoms with Crippen LogP contribution in [0.15, 0.2) is 21.5 Å². The van der Waals surface area contributed by atoms with Crippen molar-refractivity contribution in [1.82, 2.24) is 0 Å². The normalized spacial score (nSPS) is 18.0. The standard InChI is InChI=1S/C7H8N2O6S/c1-2-3(16(13,14)15)4-5(7(11)12)8-9-6(4)10/h3H,2H2,1H3,(H,11,12)(H,13,14,15). The molecule has 0 saturated heterocycles. The summed E-state index contributed by atoms with van der Waals surface area (Å²) >= 11 is 0. The van der Waals surface area contributed by atoms with Crippen molar-refractivity contribution in [2.24, 2.45) is 10.2 Å². The number of amides is 1. The van der Waals surface area contributed by atoms with Gasteiger partial charge in [-0.15, -0.1) is 10.2 Å². The van der Waals surface area contributed by atoms with Crippen molar-refractivity contribution >= 4 is 22.0 Å². The molecule has 8 nitrogen and oxygen atoms in total. The van der Waals surface area contributed by atoms with Crippen LogP contribution in [0.5, 0.6) is 0 Å². The molecule has 1 rings (SSSR count). The number of azo groups is 1. The minimum atomic E-state index is -4.56. The van der Waals surface area contributed by atoms with Crippen LogP contribution in [0.2, 0.25) is 0 Å². The van der Waals surface area contributed by atoms with E-state index in [0.29, 0.717) is 0 Å². The Hall–Kier alpha value is -1.61. The fraction of sp³-hybridized carbons (Fsp3) is 0.429. The van der Waals surface area contributed by atoms with E-state index in [1.807, 2.05) is 0 Å². The average molecular weight is 248 g/mol. The number of carbonyl (C=O) groups excluding carboxylic acids is 1. The van der Waals surface area contributed by atoms with Gasteiger partial charge < -0.3 is 5.11 Å². The molecule has 1 aliphatic heterocycles. The molecule has 9 heteroatoms. The molecular weight excluding hydrogens is 240 g/mol. The van der Waals surface area contributed by atoms with Gasteiger partial charge in [0.15, 0.2) is 5.70 Å². The highest BCUT2D eigenvalue weighted by atomic mass is 32.2. The Morgan fingerprint density at radius 1 is 1.44 bits per heavy atom. The fourth-order valence-corrected chi connectivity index (χ4v) is 2.25. The van der Waals surface area contributed by atoms with Crippen molar-refractivity contribution in [3.63, 3.8) is 0 Å². The summed E-state index contributed by atoms with van der Waals surface area (Å²) in [5.74, 6) is -2.62. The highest BCUT2D eigenvalue weighted by Crippen LogP contribution is 2.26. The number of aliphatic carboxylic acids is 1. The van der Waals surface area contributed by atoms with Crippen LogP contribution in [0.25, 0.3) is 0 Å². The lowest BCUT2D eigenvalue weighted by molar-refractivity contribution is -0.132. The molecule has 16 heavy (non-hydrogen) atoms. The van der Waals surface area contributed by atoms with Gasteiger partial charge in [-0.25, -0.2) is 4.79 Å². The number of carbonyl (C=O) groups is 2. The Bertz CT molecular complexity index is 503. The summed E-state index contributed by atoms with van der Waals surface area (Å²) in [6.07, 6.45) is -0.151. The smallest absolute Gasteiger partial charge is 0.356 e. The van der Waals surface area contributed by atoms with Crippen LogP contribution < -0.4 is 0 Å². The zero-order chi connectivity index (χ0) is 12.5. The minimum Gasteiger partial charge on any atom is -0.476 e. The maximum atomic E-state index is 11.2. The topological polar surface area (TPSA) is 133 Å². The molecule has 1 heterocycles. The molecule has 0 aromatic heterocycles. The number of hydrogen-bond donors (Lipinski definition) is 2. The Morgan fingerprint density at radius 2 is 2.00 bits per heavy atom. The third kappa shape index (κ3) is 2.14. The fourth-order valence-electron chi connectivity index (χ4n) is 1.32. The average Bonchev–Trinajstić information content (AvgIpc) is 2.47. The van der Waals surface area contributed by atoms with Gasteiger partial charge in [-0.1, -0.05) is 6.92 Å². The van der Waals surface area contributed by atoms with Crippen LogP contribution in [0.4, 0.5) is 0 Å². The van der Waals surface area contributed by atoms with E-state index in [1.165, 1.54) is 6.92 Å².